The fraction of sp³-hybridized carbons (Fsp3) is 0.333. The van der Waals surface area contributed by atoms with E-state index in [0.717, 1.165) is 11.8 Å². The standard InChI is InChI=1S/C64H68.2C24H30.C20H28.C18H16/c1-41-31-57(51-37-47(43-15-23-53(24-16-43)61(3,4)5)35-48(38-51)44-17-25-54(26-18-44)62(6,7)8)60-34-42(2)32-58(59(60)33-41)52-39-49(45-19-27-55(28-20-45)63(9,10)11)36-50(40-52)46-21-29-56(30-22-46)64(12,13)14;1-15-19-11-9-18(24(6,7)8)14-22(19)16(2)20-12-10-17(13-21(15)20)23(3,4)5;1-5-7-10-19(6-2)15-20-13-14-23-17(3)21-11-8-9-12-22(21)18(4)24(23)16-20;1-5-7-8-17(6-2)14-19-12-16(4)11-18-10-9-15(3)13-20(18)19;1-13-8-11-17-16(12-13)10-9-14(2)18(17)15-6-4-3-5-7-15/h15-40H,1-14H3;9-14H,1-8H3;8-9,11-14,16,19H,5-7,10,15H2,1-4H3;9-13,17H,5-8,14H2,1-4H3;3-12H,1-2H3. The van der Waals surface area contributed by atoms with Gasteiger partial charge < -0.3 is 0 Å². The largest absolute Gasteiger partial charge is 0.0654 e. The molecule has 0 fully saturated rings. The predicted octanol–water partition coefficient (Wildman–Crippen LogP) is 44.6. The fourth-order valence-electron chi connectivity index (χ4n) is 22.4. The summed E-state index contributed by atoms with van der Waals surface area (Å²) < 4.78 is 0. The third-order valence-electron chi connectivity index (χ3n) is 32.1. The summed E-state index contributed by atoms with van der Waals surface area (Å²) in [5, 5.41) is 19.3. The predicted molar refractivity (Wildman–Crippen MR) is 666 cm³/mol. The minimum atomic E-state index is 0.0877. The number of hydrogen-bond acceptors (Lipinski definition) is 0. The minimum Gasteiger partial charge on any atom is -0.0654 e. The Balaban J connectivity index is 0.000000159. The number of fused-ring (bicyclic) bond motifs is 7. The van der Waals surface area contributed by atoms with Gasteiger partial charge in [-0.1, -0.05) is 512 Å². The third-order valence-corrected chi connectivity index (χ3v) is 32.1. The normalized spacial score (nSPS) is 12.5. The van der Waals surface area contributed by atoms with E-state index in [1.807, 2.05) is 0 Å². The van der Waals surface area contributed by atoms with Gasteiger partial charge in [-0.05, 0) is 400 Å². The Bertz CT molecular complexity index is 7560. The van der Waals surface area contributed by atoms with Crippen LogP contribution in [0.5, 0.6) is 0 Å². The van der Waals surface area contributed by atoms with Crippen LogP contribution in [0.4, 0.5) is 0 Å². The molecule has 0 nitrogen and oxygen atoms in total. The monoisotopic (exact) mass is 1970 g/mol. The maximum absolute atomic E-state index is 2.46. The van der Waals surface area contributed by atoms with Gasteiger partial charge in [-0.15, -0.1) is 0 Å². The van der Waals surface area contributed by atoms with Gasteiger partial charge in [0.05, 0.1) is 0 Å². The molecule has 0 spiro atoms. The van der Waals surface area contributed by atoms with Gasteiger partial charge in [0.25, 0.3) is 0 Å². The zero-order valence-corrected chi connectivity index (χ0v) is 97.4. The minimum absolute atomic E-state index is 0.0877. The van der Waals surface area contributed by atoms with E-state index < -0.39 is 0 Å². The molecule has 19 rings (SSSR count). The van der Waals surface area contributed by atoms with Gasteiger partial charge in [0.1, 0.15) is 0 Å². The molecule has 19 aromatic carbocycles. The van der Waals surface area contributed by atoms with Crippen LogP contribution >= 0.6 is 0 Å². The average Bonchev–Trinajstić information content (AvgIpc) is 0.750. The van der Waals surface area contributed by atoms with Crippen LogP contribution in [-0.4, -0.2) is 0 Å². The summed E-state index contributed by atoms with van der Waals surface area (Å²) in [5.74, 6) is 1.66. The maximum atomic E-state index is 2.46. The van der Waals surface area contributed by atoms with E-state index in [4.69, 9.17) is 0 Å². The molecule has 0 aliphatic heterocycles. The van der Waals surface area contributed by atoms with Crippen LogP contribution < -0.4 is 0 Å². The summed E-state index contributed by atoms with van der Waals surface area (Å²) in [6.07, 6.45) is 13.1. The van der Waals surface area contributed by atoms with E-state index in [2.05, 4.69) is 549 Å². The molecule has 0 N–H and O–H groups in total. The van der Waals surface area contributed by atoms with Crippen LogP contribution in [0.3, 0.4) is 0 Å². The quantitative estimate of drug-likeness (QED) is 0.0708. The van der Waals surface area contributed by atoms with Crippen LogP contribution in [0.25, 0.3) is 153 Å². The molecule has 0 radical (unpaired) electrons. The molecular weight excluding hydrogens is 1800 g/mol. The topological polar surface area (TPSA) is 0 Å². The third kappa shape index (κ3) is 26.2. The van der Waals surface area contributed by atoms with Crippen molar-refractivity contribution >= 4 is 75.4 Å². The van der Waals surface area contributed by atoms with Gasteiger partial charge in [-0.25, -0.2) is 0 Å². The van der Waals surface area contributed by atoms with Gasteiger partial charge >= 0.3 is 0 Å². The molecule has 0 amide bonds. The fourth-order valence-corrected chi connectivity index (χ4v) is 22.4. The molecule has 0 aromatic heterocycles. The zero-order chi connectivity index (χ0) is 108. The molecule has 2 atom stereocenters. The molecule has 0 saturated heterocycles. The van der Waals surface area contributed by atoms with Gasteiger partial charge in [0.2, 0.25) is 0 Å². The molecule has 0 heterocycles. The van der Waals surface area contributed by atoms with Crippen molar-refractivity contribution in [3.05, 3.63) is 428 Å². The smallest absolute Gasteiger partial charge is 0.00761 e. The second-order valence-electron chi connectivity index (χ2n) is 50.3. The van der Waals surface area contributed by atoms with Crippen LogP contribution in [0.2, 0.25) is 0 Å². The number of unbranched alkanes of at least 4 members (excludes halogenated alkanes) is 2. The second-order valence-corrected chi connectivity index (χ2v) is 50.3. The van der Waals surface area contributed by atoms with Crippen LogP contribution in [-0.2, 0) is 45.3 Å². The summed E-state index contributed by atoms with van der Waals surface area (Å²) in [7, 11) is 0. The van der Waals surface area contributed by atoms with Crippen LogP contribution in [0.15, 0.2) is 328 Å². The van der Waals surface area contributed by atoms with Gasteiger partial charge in [0.15, 0.2) is 0 Å². The lowest BCUT2D eigenvalue weighted by Crippen LogP contribution is -2.11. The first-order valence-corrected chi connectivity index (χ1v) is 56.3. The summed E-state index contributed by atoms with van der Waals surface area (Å²) in [6, 6.07) is 124. The van der Waals surface area contributed by atoms with Crippen molar-refractivity contribution in [2.75, 3.05) is 0 Å². The van der Waals surface area contributed by atoms with E-state index in [0.29, 0.717) is 0 Å². The first-order valence-electron chi connectivity index (χ1n) is 56.3. The molecule has 150 heavy (non-hydrogen) atoms. The first kappa shape index (κ1) is 111. The van der Waals surface area contributed by atoms with E-state index in [9.17, 15) is 0 Å². The summed E-state index contributed by atoms with van der Waals surface area (Å²) in [5.41, 5.74) is 42.9. The highest BCUT2D eigenvalue weighted by Gasteiger charge is 2.26. The highest BCUT2D eigenvalue weighted by Crippen LogP contribution is 2.47. The number of rotatable bonds is 19. The van der Waals surface area contributed by atoms with E-state index in [1.165, 1.54) is 312 Å². The number of aryl methyl sites for hydroxylation is 10. The van der Waals surface area contributed by atoms with Crippen molar-refractivity contribution in [3.8, 4) is 77.9 Å². The molecule has 2 unspecified atom stereocenters. The summed E-state index contributed by atoms with van der Waals surface area (Å²) in [4.78, 5) is 0. The SMILES string of the molecule is CCCCC(CC)Cc1cc(C)cc2ccc(C)cc12.CCCCC(CC)Cc1ccc2c(C)c3ccccc3c(C)c2c1.Cc1c2ccc(C(C)(C)C)cc2c(C)c2ccc(C(C)(C)C)cc12.Cc1cc(-c2cc(-c3ccc(C(C)(C)C)cc3)cc(-c3ccc(C(C)(C)C)cc3)c2)c2cc(C)cc(-c3cc(-c4ccc(C(C)(C)C)cc4)cc(-c4ccc(C(C)(C)C)cc4)c3)c2c1.Cc1ccc2c(-c3ccccc3)c(C)ccc2c1. The van der Waals surface area contributed by atoms with Crippen molar-refractivity contribution in [1.82, 2.24) is 0 Å². The molecule has 0 bridgehead atoms. The second kappa shape index (κ2) is 46.4. The molecule has 19 aromatic rings. The Morgan fingerprint density at radius 3 is 0.900 bits per heavy atom. The summed E-state index contributed by atoms with van der Waals surface area (Å²) in [6.45, 7) is 72.7. The van der Waals surface area contributed by atoms with Gasteiger partial charge in [0, 0.05) is 0 Å². The molecular formula is C150H172. The number of benzene rings is 19. The Hall–Kier alpha value is -13.0. The van der Waals surface area contributed by atoms with Crippen molar-refractivity contribution in [2.24, 2.45) is 11.8 Å². The van der Waals surface area contributed by atoms with E-state index in [1.54, 1.807) is 5.56 Å². The molecule has 0 heteroatoms. The Labute approximate surface area is 904 Å². The molecule has 0 aliphatic carbocycles. The molecule has 772 valence electrons. The lowest BCUT2D eigenvalue weighted by Gasteiger charge is -2.23. The van der Waals surface area contributed by atoms with E-state index in [-0.39, 0.29) is 32.5 Å². The van der Waals surface area contributed by atoms with Gasteiger partial charge in [-0.3, -0.25) is 0 Å². The molecule has 0 aliphatic rings. The number of hydrogen-bond donors (Lipinski definition) is 0. The van der Waals surface area contributed by atoms with Crippen LogP contribution in [0, 0.1) is 81.1 Å². The Morgan fingerprint density at radius 1 is 0.200 bits per heavy atom. The molecule has 0 saturated carbocycles. The van der Waals surface area contributed by atoms with Crippen LogP contribution in [0.1, 0.15) is 304 Å². The highest BCUT2D eigenvalue weighted by molar-refractivity contribution is 6.10. The van der Waals surface area contributed by atoms with Gasteiger partial charge in [-0.2, -0.15) is 0 Å². The van der Waals surface area contributed by atoms with Crippen molar-refractivity contribution in [2.45, 2.75) is 318 Å². The average molecular weight is 1980 g/mol. The van der Waals surface area contributed by atoms with Crippen molar-refractivity contribution in [1.29, 1.82) is 0 Å². The van der Waals surface area contributed by atoms with Crippen molar-refractivity contribution < 1.29 is 0 Å². The maximum Gasteiger partial charge on any atom is -0.00761 e. The highest BCUT2D eigenvalue weighted by atomic mass is 14.3. The summed E-state index contributed by atoms with van der Waals surface area (Å²) >= 11 is 0. The Kier molecular flexibility index (Phi) is 34.4. The lowest BCUT2D eigenvalue weighted by atomic mass is 9.82. The Morgan fingerprint density at radius 2 is 0.507 bits per heavy atom. The van der Waals surface area contributed by atoms with Crippen molar-refractivity contribution in [3.63, 3.8) is 0 Å². The first-order chi connectivity index (χ1) is 71.0. The zero-order valence-electron chi connectivity index (χ0n) is 97.4. The lowest BCUT2D eigenvalue weighted by molar-refractivity contribution is 0.449. The van der Waals surface area contributed by atoms with E-state index >= 15 is 0 Å².